The Morgan fingerprint density at radius 3 is 2.73 bits per heavy atom. The maximum absolute atomic E-state index is 10.5. The monoisotopic (exact) mass is 209 g/mol. The molecule has 5 nitrogen and oxygen atoms in total. The van der Waals surface area contributed by atoms with Crippen LogP contribution in [0.25, 0.3) is 0 Å². The highest BCUT2D eigenvalue weighted by atomic mass is 16.4. The first kappa shape index (κ1) is 11.2. The lowest BCUT2D eigenvalue weighted by atomic mass is 10.0. The quantitative estimate of drug-likeness (QED) is 0.613. The van der Waals surface area contributed by atoms with Crippen molar-refractivity contribution in [2.75, 3.05) is 0 Å². The van der Waals surface area contributed by atoms with E-state index in [0.29, 0.717) is 11.8 Å². The van der Waals surface area contributed by atoms with Gasteiger partial charge in [0.05, 0.1) is 5.56 Å². The molecule has 0 fully saturated rings. The standard InChI is InChI=1S/C10H11NO4/c11-8(10(14)15)4-6-1-2-9(13)7(3-6)5-12/h1-3,5,8,13H,4,11H2,(H,14,15)/t8-/m0/s1. The molecule has 0 aromatic heterocycles. The SMILES string of the molecule is N[C@@H](Cc1ccc(O)c(C=O)c1)C(=O)O. The van der Waals surface area contributed by atoms with Gasteiger partial charge in [-0.15, -0.1) is 0 Å². The Hall–Kier alpha value is -1.88. The van der Waals surface area contributed by atoms with Crippen molar-refractivity contribution < 1.29 is 19.8 Å². The van der Waals surface area contributed by atoms with Gasteiger partial charge in [-0.2, -0.15) is 0 Å². The van der Waals surface area contributed by atoms with Crippen LogP contribution in [0.4, 0.5) is 0 Å². The number of carboxylic acids is 1. The van der Waals surface area contributed by atoms with Gasteiger partial charge in [0.1, 0.15) is 11.8 Å². The summed E-state index contributed by atoms with van der Waals surface area (Å²) in [5, 5.41) is 17.8. The van der Waals surface area contributed by atoms with Crippen LogP contribution < -0.4 is 5.73 Å². The molecule has 0 heterocycles. The van der Waals surface area contributed by atoms with E-state index in [0.717, 1.165) is 0 Å². The molecule has 80 valence electrons. The van der Waals surface area contributed by atoms with Gasteiger partial charge in [0.25, 0.3) is 0 Å². The molecule has 0 aliphatic rings. The Balaban J connectivity index is 2.87. The van der Waals surface area contributed by atoms with Crippen LogP contribution in [0.5, 0.6) is 5.75 Å². The first-order chi connectivity index (χ1) is 7.04. The van der Waals surface area contributed by atoms with E-state index >= 15 is 0 Å². The number of nitrogens with two attached hydrogens (primary N) is 1. The minimum absolute atomic E-state index is 0.121. The van der Waals surface area contributed by atoms with Gasteiger partial charge >= 0.3 is 5.97 Å². The van der Waals surface area contributed by atoms with Gasteiger partial charge in [0.2, 0.25) is 0 Å². The number of phenolic OH excluding ortho intramolecular Hbond substituents is 1. The number of hydrogen-bond donors (Lipinski definition) is 3. The van der Waals surface area contributed by atoms with E-state index in [1.54, 1.807) is 0 Å². The molecule has 15 heavy (non-hydrogen) atoms. The summed E-state index contributed by atoms with van der Waals surface area (Å²) in [4.78, 5) is 21.0. The Labute approximate surface area is 86.1 Å². The lowest BCUT2D eigenvalue weighted by molar-refractivity contribution is -0.138. The van der Waals surface area contributed by atoms with E-state index in [2.05, 4.69) is 0 Å². The molecule has 1 aromatic carbocycles. The van der Waals surface area contributed by atoms with Crippen LogP contribution in [-0.4, -0.2) is 28.5 Å². The van der Waals surface area contributed by atoms with Crippen molar-refractivity contribution in [3.8, 4) is 5.75 Å². The average Bonchev–Trinajstić information content (AvgIpc) is 2.20. The number of rotatable bonds is 4. The van der Waals surface area contributed by atoms with E-state index in [1.807, 2.05) is 0 Å². The summed E-state index contributed by atoms with van der Waals surface area (Å²) in [6.45, 7) is 0. The normalized spacial score (nSPS) is 12.1. The zero-order valence-electron chi connectivity index (χ0n) is 7.88. The van der Waals surface area contributed by atoms with Crippen molar-refractivity contribution in [1.29, 1.82) is 0 Å². The number of hydrogen-bond acceptors (Lipinski definition) is 4. The molecular formula is C10H11NO4. The summed E-state index contributed by atoms with van der Waals surface area (Å²) >= 11 is 0. The number of aromatic hydroxyl groups is 1. The Bertz CT molecular complexity index is 389. The van der Waals surface area contributed by atoms with E-state index in [4.69, 9.17) is 10.8 Å². The van der Waals surface area contributed by atoms with Gasteiger partial charge < -0.3 is 15.9 Å². The molecule has 0 amide bonds. The molecule has 0 spiro atoms. The van der Waals surface area contributed by atoms with Crippen molar-refractivity contribution in [2.45, 2.75) is 12.5 Å². The van der Waals surface area contributed by atoms with Crippen molar-refractivity contribution in [2.24, 2.45) is 5.73 Å². The Morgan fingerprint density at radius 1 is 1.53 bits per heavy atom. The number of carbonyl (C=O) groups excluding carboxylic acids is 1. The van der Waals surface area contributed by atoms with Crippen LogP contribution >= 0.6 is 0 Å². The zero-order chi connectivity index (χ0) is 11.4. The van der Waals surface area contributed by atoms with Crippen LogP contribution in [0.3, 0.4) is 0 Å². The second kappa shape index (κ2) is 4.56. The zero-order valence-corrected chi connectivity index (χ0v) is 7.88. The highest BCUT2D eigenvalue weighted by molar-refractivity contribution is 5.79. The van der Waals surface area contributed by atoms with Gasteiger partial charge in [0.15, 0.2) is 6.29 Å². The first-order valence-electron chi connectivity index (χ1n) is 4.30. The van der Waals surface area contributed by atoms with Gasteiger partial charge in [-0.05, 0) is 24.1 Å². The average molecular weight is 209 g/mol. The van der Waals surface area contributed by atoms with Crippen molar-refractivity contribution in [3.63, 3.8) is 0 Å². The van der Waals surface area contributed by atoms with E-state index in [-0.39, 0.29) is 17.7 Å². The lowest BCUT2D eigenvalue weighted by Crippen LogP contribution is -2.32. The molecule has 0 radical (unpaired) electrons. The fraction of sp³-hybridized carbons (Fsp3) is 0.200. The minimum atomic E-state index is -1.10. The highest BCUT2D eigenvalue weighted by Crippen LogP contribution is 2.17. The summed E-state index contributed by atoms with van der Waals surface area (Å²) in [6.07, 6.45) is 0.627. The number of aliphatic carboxylic acids is 1. The largest absolute Gasteiger partial charge is 0.507 e. The molecule has 5 heteroatoms. The summed E-state index contributed by atoms with van der Waals surface area (Å²) in [5.41, 5.74) is 6.06. The van der Waals surface area contributed by atoms with Gasteiger partial charge in [-0.1, -0.05) is 6.07 Å². The van der Waals surface area contributed by atoms with Crippen molar-refractivity contribution in [3.05, 3.63) is 29.3 Å². The van der Waals surface area contributed by atoms with Crippen LogP contribution in [0, 0.1) is 0 Å². The molecule has 0 aliphatic heterocycles. The second-order valence-electron chi connectivity index (χ2n) is 3.16. The predicted molar refractivity (Wildman–Crippen MR) is 52.8 cm³/mol. The van der Waals surface area contributed by atoms with Gasteiger partial charge in [-0.3, -0.25) is 9.59 Å². The third-order valence-electron chi connectivity index (χ3n) is 1.99. The van der Waals surface area contributed by atoms with E-state index in [9.17, 15) is 14.7 Å². The van der Waals surface area contributed by atoms with Crippen LogP contribution in [0.2, 0.25) is 0 Å². The Kier molecular flexibility index (Phi) is 3.41. The lowest BCUT2D eigenvalue weighted by Gasteiger charge is -2.07. The minimum Gasteiger partial charge on any atom is -0.507 e. The van der Waals surface area contributed by atoms with Crippen LogP contribution in [0.1, 0.15) is 15.9 Å². The molecule has 1 aromatic rings. The number of carbonyl (C=O) groups is 2. The summed E-state index contributed by atoms with van der Waals surface area (Å²) in [7, 11) is 0. The Morgan fingerprint density at radius 2 is 2.20 bits per heavy atom. The molecule has 0 unspecified atom stereocenters. The fourth-order valence-corrected chi connectivity index (χ4v) is 1.17. The number of carboxylic acid groups (broad SMARTS) is 1. The smallest absolute Gasteiger partial charge is 0.320 e. The molecule has 1 atom stereocenters. The maximum Gasteiger partial charge on any atom is 0.320 e. The van der Waals surface area contributed by atoms with Gasteiger partial charge in [0, 0.05) is 0 Å². The fourth-order valence-electron chi connectivity index (χ4n) is 1.17. The molecule has 4 N–H and O–H groups in total. The molecule has 1 rings (SSSR count). The first-order valence-corrected chi connectivity index (χ1v) is 4.30. The third kappa shape index (κ3) is 2.78. The number of aldehydes is 1. The van der Waals surface area contributed by atoms with Crippen molar-refractivity contribution >= 4 is 12.3 Å². The highest BCUT2D eigenvalue weighted by Gasteiger charge is 2.12. The number of phenols is 1. The third-order valence-corrected chi connectivity index (χ3v) is 1.99. The molecular weight excluding hydrogens is 198 g/mol. The maximum atomic E-state index is 10.5. The topological polar surface area (TPSA) is 101 Å². The summed E-state index contributed by atoms with van der Waals surface area (Å²) < 4.78 is 0. The number of benzene rings is 1. The summed E-state index contributed by atoms with van der Waals surface area (Å²) in [5.74, 6) is -1.23. The van der Waals surface area contributed by atoms with E-state index in [1.165, 1.54) is 18.2 Å². The molecule has 0 saturated carbocycles. The molecule has 0 saturated heterocycles. The second-order valence-corrected chi connectivity index (χ2v) is 3.16. The summed E-state index contributed by atoms with van der Waals surface area (Å²) in [6, 6.07) is 3.29. The van der Waals surface area contributed by atoms with Gasteiger partial charge in [-0.25, -0.2) is 0 Å². The molecule has 0 aliphatic carbocycles. The predicted octanol–water partition coefficient (Wildman–Crippen LogP) is 0.159. The van der Waals surface area contributed by atoms with Crippen LogP contribution in [0.15, 0.2) is 18.2 Å². The van der Waals surface area contributed by atoms with E-state index < -0.39 is 12.0 Å². The molecule has 0 bridgehead atoms. The van der Waals surface area contributed by atoms with Crippen molar-refractivity contribution in [1.82, 2.24) is 0 Å². The van der Waals surface area contributed by atoms with Crippen LogP contribution in [-0.2, 0) is 11.2 Å².